The smallest absolute Gasteiger partial charge is 0.216 e. The van der Waals surface area contributed by atoms with Crippen LogP contribution in [0.5, 0.6) is 0 Å². The number of hydrogen-bond donors (Lipinski definition) is 6. The molecule has 1 unspecified atom stereocenters. The highest BCUT2D eigenvalue weighted by Gasteiger charge is 2.51. The fourth-order valence-corrected chi connectivity index (χ4v) is 3.86. The predicted octanol–water partition coefficient (Wildman–Crippen LogP) is -3.39. The van der Waals surface area contributed by atoms with Crippen molar-refractivity contribution in [2.45, 2.75) is 81.0 Å². The predicted molar refractivity (Wildman–Crippen MR) is 91.0 cm³/mol. The summed E-state index contributed by atoms with van der Waals surface area (Å²) in [6.45, 7) is 1.02. The molecule has 28 heavy (non-hydrogen) atoms. The highest BCUT2D eigenvalue weighted by Crippen LogP contribution is 2.32. The number of nitrogens with one attached hydrogen (secondary N) is 1. The number of rotatable bonds is 3. The second-order valence-corrected chi connectivity index (χ2v) is 7.42. The molecule has 6 saturated heterocycles. The number of carbonyl (C=O) groups excluding carboxylic acids is 1. The van der Waals surface area contributed by atoms with Gasteiger partial charge in [0.05, 0.1) is 12.7 Å². The number of aliphatic hydroxyl groups is 5. The van der Waals surface area contributed by atoms with Crippen LogP contribution in [-0.4, -0.2) is 112 Å². The molecule has 6 N–H and O–H groups in total. The standard InChI is InChI=1S/C17H29NO10/c1-7(20)18-5-9-16-12(22)11(21)8(26-9)3-2-4-25-15-10(6-19)27-17(28-16)14(24)13(15)23/h8-17,19,21-24H,2-6H2,1H3,(H,18,20)/t8-,9-,10-,11+,12-,13-,14-,15-,16?,17-/m1/s1. The van der Waals surface area contributed by atoms with Crippen molar-refractivity contribution in [3.8, 4) is 0 Å². The zero-order valence-electron chi connectivity index (χ0n) is 15.6. The van der Waals surface area contributed by atoms with Crippen LogP contribution in [0.25, 0.3) is 0 Å². The Balaban J connectivity index is 1.88. The minimum atomic E-state index is -1.52. The van der Waals surface area contributed by atoms with Crippen LogP contribution in [0.4, 0.5) is 0 Å². The van der Waals surface area contributed by atoms with Crippen LogP contribution in [0.1, 0.15) is 19.8 Å². The first kappa shape index (κ1) is 21.8. The van der Waals surface area contributed by atoms with E-state index in [1.165, 1.54) is 6.92 Å². The highest BCUT2D eigenvalue weighted by atomic mass is 16.7. The van der Waals surface area contributed by atoms with Crippen LogP contribution < -0.4 is 5.32 Å². The lowest BCUT2D eigenvalue weighted by molar-refractivity contribution is -0.341. The fourth-order valence-electron chi connectivity index (χ4n) is 3.86. The molecule has 6 aliphatic rings. The third-order valence-corrected chi connectivity index (χ3v) is 5.39. The summed E-state index contributed by atoms with van der Waals surface area (Å²) in [5, 5.41) is 54.0. The van der Waals surface area contributed by atoms with Gasteiger partial charge in [-0.2, -0.15) is 0 Å². The van der Waals surface area contributed by atoms with Crippen molar-refractivity contribution in [3.63, 3.8) is 0 Å². The van der Waals surface area contributed by atoms with Crippen LogP contribution in [-0.2, 0) is 23.7 Å². The third-order valence-electron chi connectivity index (χ3n) is 5.39. The number of hydrogen-bond acceptors (Lipinski definition) is 10. The molecule has 0 saturated carbocycles. The van der Waals surface area contributed by atoms with E-state index in [1.807, 2.05) is 0 Å². The summed E-state index contributed by atoms with van der Waals surface area (Å²) in [7, 11) is 0. The van der Waals surface area contributed by atoms with Crippen molar-refractivity contribution < 1.29 is 49.3 Å². The minimum Gasteiger partial charge on any atom is -0.394 e. The van der Waals surface area contributed by atoms with E-state index in [2.05, 4.69) is 5.32 Å². The normalized spacial score (nSPS) is 47.1. The molecule has 0 spiro atoms. The topological polar surface area (TPSA) is 167 Å². The lowest BCUT2D eigenvalue weighted by atomic mass is 9.92. The molecule has 0 aromatic carbocycles. The molecule has 11 heteroatoms. The van der Waals surface area contributed by atoms with Gasteiger partial charge in [-0.15, -0.1) is 0 Å². The van der Waals surface area contributed by atoms with Gasteiger partial charge < -0.3 is 49.8 Å². The van der Waals surface area contributed by atoms with E-state index < -0.39 is 67.8 Å². The van der Waals surface area contributed by atoms with Gasteiger partial charge in [-0.25, -0.2) is 0 Å². The Labute approximate surface area is 162 Å². The zero-order valence-corrected chi connectivity index (χ0v) is 15.6. The molecule has 0 aromatic heterocycles. The van der Waals surface area contributed by atoms with Crippen molar-refractivity contribution in [2.75, 3.05) is 19.8 Å². The summed E-state index contributed by atoms with van der Waals surface area (Å²) in [5.41, 5.74) is 0. The van der Waals surface area contributed by atoms with Gasteiger partial charge in [0.2, 0.25) is 5.91 Å². The van der Waals surface area contributed by atoms with E-state index in [4.69, 9.17) is 18.9 Å². The van der Waals surface area contributed by atoms with Gasteiger partial charge in [0, 0.05) is 20.1 Å². The molecule has 6 rings (SSSR count). The van der Waals surface area contributed by atoms with E-state index in [0.29, 0.717) is 12.8 Å². The lowest BCUT2D eigenvalue weighted by Gasteiger charge is -2.46. The largest absolute Gasteiger partial charge is 0.394 e. The van der Waals surface area contributed by atoms with Crippen LogP contribution in [0.3, 0.4) is 0 Å². The first-order chi connectivity index (χ1) is 13.3. The van der Waals surface area contributed by atoms with Gasteiger partial charge in [0.1, 0.15) is 48.8 Å². The van der Waals surface area contributed by atoms with Gasteiger partial charge in [-0.3, -0.25) is 4.79 Å². The summed E-state index contributed by atoms with van der Waals surface area (Å²) in [6, 6.07) is 0. The van der Waals surface area contributed by atoms with E-state index in [9.17, 15) is 30.3 Å². The van der Waals surface area contributed by atoms with Gasteiger partial charge in [-0.05, 0) is 12.8 Å². The summed E-state index contributed by atoms with van der Waals surface area (Å²) < 4.78 is 22.7. The minimum absolute atomic E-state index is 0.00814. The third kappa shape index (κ3) is 4.48. The maximum absolute atomic E-state index is 11.3. The Morgan fingerprint density at radius 2 is 1.68 bits per heavy atom. The van der Waals surface area contributed by atoms with E-state index in [0.717, 1.165) is 0 Å². The lowest BCUT2D eigenvalue weighted by Crippen LogP contribution is -2.65. The average Bonchev–Trinajstić information content (AvgIpc) is 2.69. The SMILES string of the molecule is CC(=O)NC[C@H]1O[C@@H]2CCCO[C@H]3[C@H](O)[C@@H](O)[C@@H](OC1[C@H](O)[C@H]2O)O[C@@H]3CO. The molecule has 6 fully saturated rings. The monoisotopic (exact) mass is 407 g/mol. The molecule has 11 nitrogen and oxygen atoms in total. The molecule has 0 radical (unpaired) electrons. The van der Waals surface area contributed by atoms with E-state index >= 15 is 0 Å². The van der Waals surface area contributed by atoms with Gasteiger partial charge in [-0.1, -0.05) is 0 Å². The second kappa shape index (κ2) is 9.28. The van der Waals surface area contributed by atoms with Gasteiger partial charge in [0.25, 0.3) is 0 Å². The zero-order chi connectivity index (χ0) is 20.4. The van der Waals surface area contributed by atoms with Gasteiger partial charge >= 0.3 is 0 Å². The summed E-state index contributed by atoms with van der Waals surface area (Å²) in [5.74, 6) is -0.307. The van der Waals surface area contributed by atoms with E-state index in [-0.39, 0.29) is 19.1 Å². The molecule has 1 amide bonds. The molecule has 4 bridgehead atoms. The van der Waals surface area contributed by atoms with Crippen molar-refractivity contribution in [2.24, 2.45) is 0 Å². The first-order valence-corrected chi connectivity index (χ1v) is 9.49. The Hall–Kier alpha value is -0.890. The molecule has 6 aliphatic heterocycles. The molecule has 0 aromatic rings. The van der Waals surface area contributed by atoms with Gasteiger partial charge in [0.15, 0.2) is 6.29 Å². The summed E-state index contributed by atoms with van der Waals surface area (Å²) >= 11 is 0. The molecule has 6 heterocycles. The second-order valence-electron chi connectivity index (χ2n) is 7.42. The Morgan fingerprint density at radius 1 is 0.964 bits per heavy atom. The number of aliphatic hydroxyl groups excluding tert-OH is 5. The molecule has 10 atom stereocenters. The number of amides is 1. The van der Waals surface area contributed by atoms with Crippen LogP contribution in [0.15, 0.2) is 0 Å². The summed E-state index contributed by atoms with van der Waals surface area (Å²) in [6.07, 6.45) is -10.8. The van der Waals surface area contributed by atoms with Crippen LogP contribution in [0.2, 0.25) is 0 Å². The fraction of sp³-hybridized carbons (Fsp3) is 0.941. The Kier molecular flexibility index (Phi) is 7.23. The Bertz CT molecular complexity index is 534. The molecule has 0 aliphatic carbocycles. The number of ether oxygens (including phenoxy) is 4. The average molecular weight is 407 g/mol. The van der Waals surface area contributed by atoms with Crippen molar-refractivity contribution in [1.29, 1.82) is 0 Å². The molecular weight excluding hydrogens is 378 g/mol. The van der Waals surface area contributed by atoms with Crippen LogP contribution in [0, 0.1) is 0 Å². The van der Waals surface area contributed by atoms with E-state index in [1.54, 1.807) is 0 Å². The quantitative estimate of drug-likeness (QED) is 0.278. The maximum Gasteiger partial charge on any atom is 0.216 e. The van der Waals surface area contributed by atoms with Crippen molar-refractivity contribution in [3.05, 3.63) is 0 Å². The van der Waals surface area contributed by atoms with Crippen LogP contribution >= 0.6 is 0 Å². The summed E-state index contributed by atoms with van der Waals surface area (Å²) in [4.78, 5) is 11.3. The highest BCUT2D eigenvalue weighted by molar-refractivity contribution is 5.72. The van der Waals surface area contributed by atoms with Crippen molar-refractivity contribution in [1.82, 2.24) is 5.32 Å². The Morgan fingerprint density at radius 3 is 2.36 bits per heavy atom. The molecular formula is C17H29NO10. The molecule has 162 valence electrons. The first-order valence-electron chi connectivity index (χ1n) is 9.49. The number of carbonyl (C=O) groups is 1. The maximum atomic E-state index is 11.3. The van der Waals surface area contributed by atoms with Crippen molar-refractivity contribution >= 4 is 5.91 Å².